The highest BCUT2D eigenvalue weighted by Crippen LogP contribution is 2.17. The van der Waals surface area contributed by atoms with Gasteiger partial charge in [0.25, 0.3) is 11.8 Å². The molecule has 2 N–H and O–H groups in total. The summed E-state index contributed by atoms with van der Waals surface area (Å²) in [6.45, 7) is 0.0651. The molecule has 0 unspecified atom stereocenters. The molecule has 0 bridgehead atoms. The summed E-state index contributed by atoms with van der Waals surface area (Å²) in [5.41, 5.74) is 3.26. The molecule has 3 aromatic carbocycles. The van der Waals surface area contributed by atoms with Crippen LogP contribution in [0.5, 0.6) is 0 Å². The third-order valence-electron chi connectivity index (χ3n) is 4.85. The molecule has 0 heterocycles. The van der Waals surface area contributed by atoms with Crippen molar-refractivity contribution in [1.82, 2.24) is 4.90 Å². The summed E-state index contributed by atoms with van der Waals surface area (Å²) in [6, 6.07) is 23.1. The van der Waals surface area contributed by atoms with Crippen LogP contribution in [0.4, 0.5) is 17.1 Å². The minimum atomic E-state index is -0.222. The highest BCUT2D eigenvalue weighted by Gasteiger charge is 2.13. The molecule has 0 atom stereocenters. The molecule has 7 heteroatoms. The van der Waals surface area contributed by atoms with Crippen LogP contribution in [0.3, 0.4) is 0 Å². The van der Waals surface area contributed by atoms with Crippen LogP contribution in [0.1, 0.15) is 20.7 Å². The number of hydrogen-bond donors (Lipinski definition) is 2. The smallest absolute Gasteiger partial charge is 0.258 e. The number of benzene rings is 3. The van der Waals surface area contributed by atoms with Gasteiger partial charge in [-0.15, -0.1) is 0 Å². The van der Waals surface area contributed by atoms with Gasteiger partial charge >= 0.3 is 0 Å². The Morgan fingerprint density at radius 2 is 1.22 bits per heavy atom. The lowest BCUT2D eigenvalue weighted by Crippen LogP contribution is -2.26. The van der Waals surface area contributed by atoms with Crippen molar-refractivity contribution < 1.29 is 14.4 Å². The highest BCUT2D eigenvalue weighted by molar-refractivity contribution is 6.06. The van der Waals surface area contributed by atoms with Crippen LogP contribution >= 0.6 is 0 Å². The molecule has 0 radical (unpaired) electrons. The van der Waals surface area contributed by atoms with E-state index < -0.39 is 0 Å². The molecule has 0 fully saturated rings. The lowest BCUT2D eigenvalue weighted by atomic mass is 10.1. The van der Waals surface area contributed by atoms with Gasteiger partial charge in [0.15, 0.2) is 0 Å². The van der Waals surface area contributed by atoms with Crippen LogP contribution in [0.25, 0.3) is 0 Å². The van der Waals surface area contributed by atoms with E-state index >= 15 is 0 Å². The standard InChI is InChI=1S/C25H26N4O3/c1-28(2)24(31)18-11-15-21(16-12-18)27-23(30)17-26-20-13-9-19(10-14-20)25(32)29(3)22-7-5-4-6-8-22/h4-16,26H,17H2,1-3H3,(H,27,30). The quantitative estimate of drug-likeness (QED) is 0.599. The Morgan fingerprint density at radius 3 is 1.78 bits per heavy atom. The van der Waals surface area contributed by atoms with E-state index in [-0.39, 0.29) is 24.3 Å². The van der Waals surface area contributed by atoms with Crippen molar-refractivity contribution in [2.75, 3.05) is 43.2 Å². The number of para-hydroxylation sites is 1. The Balaban J connectivity index is 1.52. The molecule has 3 rings (SSSR count). The summed E-state index contributed by atoms with van der Waals surface area (Å²) in [7, 11) is 5.11. The minimum Gasteiger partial charge on any atom is -0.376 e. The molecule has 0 saturated carbocycles. The van der Waals surface area contributed by atoms with E-state index in [0.29, 0.717) is 16.8 Å². The van der Waals surface area contributed by atoms with E-state index in [2.05, 4.69) is 10.6 Å². The number of hydrogen-bond acceptors (Lipinski definition) is 4. The molecule has 0 aliphatic heterocycles. The van der Waals surface area contributed by atoms with Gasteiger partial charge in [0, 0.05) is 49.3 Å². The predicted molar refractivity (Wildman–Crippen MR) is 127 cm³/mol. The first-order chi connectivity index (χ1) is 15.3. The van der Waals surface area contributed by atoms with Gasteiger partial charge in [0.05, 0.1) is 6.54 Å². The first-order valence-corrected chi connectivity index (χ1v) is 10.1. The van der Waals surface area contributed by atoms with E-state index in [9.17, 15) is 14.4 Å². The normalized spacial score (nSPS) is 10.2. The zero-order valence-corrected chi connectivity index (χ0v) is 18.3. The van der Waals surface area contributed by atoms with Crippen molar-refractivity contribution in [3.8, 4) is 0 Å². The van der Waals surface area contributed by atoms with Crippen molar-refractivity contribution in [3.05, 3.63) is 90.0 Å². The fourth-order valence-electron chi connectivity index (χ4n) is 3.04. The second-order valence-electron chi connectivity index (χ2n) is 7.46. The summed E-state index contributed by atoms with van der Waals surface area (Å²) < 4.78 is 0. The molecular weight excluding hydrogens is 404 g/mol. The Labute approximate surface area is 187 Å². The molecule has 164 valence electrons. The molecule has 0 aliphatic carbocycles. The predicted octanol–water partition coefficient (Wildman–Crippen LogP) is 3.72. The van der Waals surface area contributed by atoms with Crippen LogP contribution in [0.2, 0.25) is 0 Å². The fourth-order valence-corrected chi connectivity index (χ4v) is 3.04. The zero-order chi connectivity index (χ0) is 23.1. The summed E-state index contributed by atoms with van der Waals surface area (Å²) in [5, 5.41) is 5.82. The minimum absolute atomic E-state index is 0.0651. The zero-order valence-electron chi connectivity index (χ0n) is 18.3. The summed E-state index contributed by atoms with van der Waals surface area (Å²) in [4.78, 5) is 39.9. The molecular formula is C25H26N4O3. The summed E-state index contributed by atoms with van der Waals surface area (Å²) in [5.74, 6) is -0.432. The molecule has 0 spiro atoms. The van der Waals surface area contributed by atoms with Crippen molar-refractivity contribution in [3.63, 3.8) is 0 Å². The number of nitrogens with one attached hydrogen (secondary N) is 2. The number of nitrogens with zero attached hydrogens (tertiary/aromatic N) is 2. The average molecular weight is 431 g/mol. The first kappa shape index (κ1) is 22.6. The van der Waals surface area contributed by atoms with E-state index in [1.54, 1.807) is 74.6 Å². The Morgan fingerprint density at radius 1 is 0.688 bits per heavy atom. The van der Waals surface area contributed by atoms with Crippen LogP contribution in [0.15, 0.2) is 78.9 Å². The highest BCUT2D eigenvalue weighted by atomic mass is 16.2. The molecule has 3 amide bonds. The maximum absolute atomic E-state index is 12.6. The van der Waals surface area contributed by atoms with Crippen LogP contribution in [0, 0.1) is 0 Å². The largest absolute Gasteiger partial charge is 0.376 e. The maximum atomic E-state index is 12.6. The first-order valence-electron chi connectivity index (χ1n) is 10.1. The molecule has 7 nitrogen and oxygen atoms in total. The van der Waals surface area contributed by atoms with E-state index in [4.69, 9.17) is 0 Å². The number of amides is 3. The summed E-state index contributed by atoms with van der Waals surface area (Å²) >= 11 is 0. The summed E-state index contributed by atoms with van der Waals surface area (Å²) in [6.07, 6.45) is 0. The molecule has 0 saturated heterocycles. The number of carbonyl (C=O) groups excluding carboxylic acids is 3. The van der Waals surface area contributed by atoms with Crippen LogP contribution in [-0.4, -0.2) is 50.3 Å². The van der Waals surface area contributed by atoms with Gasteiger partial charge in [-0.1, -0.05) is 18.2 Å². The number of rotatable bonds is 7. The fraction of sp³-hybridized carbons (Fsp3) is 0.160. The van der Waals surface area contributed by atoms with E-state index in [1.807, 2.05) is 30.3 Å². The Bertz CT molecular complexity index is 1080. The SMILES string of the molecule is CN(C)C(=O)c1ccc(NC(=O)CNc2ccc(C(=O)N(C)c3ccccc3)cc2)cc1. The molecule has 0 aromatic heterocycles. The van der Waals surface area contributed by atoms with E-state index in [0.717, 1.165) is 11.4 Å². The van der Waals surface area contributed by atoms with Crippen molar-refractivity contribution >= 4 is 34.8 Å². The van der Waals surface area contributed by atoms with Gasteiger partial charge in [-0.05, 0) is 60.7 Å². The second kappa shape index (κ2) is 10.3. The Hall–Kier alpha value is -4.13. The van der Waals surface area contributed by atoms with Crippen molar-refractivity contribution in [2.45, 2.75) is 0 Å². The van der Waals surface area contributed by atoms with Crippen LogP contribution in [-0.2, 0) is 4.79 Å². The topological polar surface area (TPSA) is 81.8 Å². The van der Waals surface area contributed by atoms with Crippen molar-refractivity contribution in [1.29, 1.82) is 0 Å². The van der Waals surface area contributed by atoms with Gasteiger partial charge in [0.1, 0.15) is 0 Å². The van der Waals surface area contributed by atoms with Gasteiger partial charge in [0.2, 0.25) is 5.91 Å². The maximum Gasteiger partial charge on any atom is 0.258 e. The van der Waals surface area contributed by atoms with E-state index in [1.165, 1.54) is 4.90 Å². The second-order valence-corrected chi connectivity index (χ2v) is 7.46. The van der Waals surface area contributed by atoms with Crippen LogP contribution < -0.4 is 15.5 Å². The molecule has 3 aromatic rings. The molecule has 32 heavy (non-hydrogen) atoms. The molecule has 0 aliphatic rings. The number of carbonyl (C=O) groups is 3. The lowest BCUT2D eigenvalue weighted by molar-refractivity contribution is -0.114. The Kier molecular flexibility index (Phi) is 7.23. The van der Waals surface area contributed by atoms with Gasteiger partial charge in [-0.25, -0.2) is 0 Å². The monoisotopic (exact) mass is 430 g/mol. The van der Waals surface area contributed by atoms with Gasteiger partial charge in [-0.3, -0.25) is 14.4 Å². The van der Waals surface area contributed by atoms with Gasteiger partial charge < -0.3 is 20.4 Å². The lowest BCUT2D eigenvalue weighted by Gasteiger charge is -2.17. The third-order valence-corrected chi connectivity index (χ3v) is 4.85. The number of anilines is 3. The average Bonchev–Trinajstić information content (AvgIpc) is 2.82. The third kappa shape index (κ3) is 5.72. The van der Waals surface area contributed by atoms with Crippen molar-refractivity contribution in [2.24, 2.45) is 0 Å². The van der Waals surface area contributed by atoms with Gasteiger partial charge in [-0.2, -0.15) is 0 Å².